The highest BCUT2D eigenvalue weighted by Crippen LogP contribution is 2.47. The standard InChI is InChI=1S/C60H36N2O/c1-2-15-39(16-3-1)61-52-27-9-6-19-42(52)50-35-37(31-33-54(50)61)38-32-34-55-51(36-38)43-20-7-10-28-53(43)62(55)56-29-14-24-46-41-18-5-4-17-40(41)45-22-12-23-47(58(45)59(46)56)49-26-13-25-48-44-21-8-11-30-57(44)63-60(48)49/h1-36H. The lowest BCUT2D eigenvalue weighted by Crippen LogP contribution is -1.97. The Kier molecular flexibility index (Phi) is 7.11. The lowest BCUT2D eigenvalue weighted by Gasteiger charge is -2.19. The third kappa shape index (κ3) is 4.85. The molecule has 292 valence electrons. The molecule has 14 rings (SSSR count). The van der Waals surface area contributed by atoms with Gasteiger partial charge in [-0.2, -0.15) is 0 Å². The van der Waals surface area contributed by atoms with Crippen LogP contribution < -0.4 is 0 Å². The zero-order valence-corrected chi connectivity index (χ0v) is 34.1. The van der Waals surface area contributed by atoms with Gasteiger partial charge in [-0.05, 0) is 98.9 Å². The number of nitrogens with zero attached hydrogens (tertiary/aromatic N) is 2. The molecule has 0 unspecified atom stereocenters. The number of rotatable bonds is 4. The maximum absolute atomic E-state index is 6.71. The van der Waals surface area contributed by atoms with Crippen molar-refractivity contribution in [3.05, 3.63) is 218 Å². The zero-order chi connectivity index (χ0) is 41.2. The van der Waals surface area contributed by atoms with Crippen LogP contribution in [0.5, 0.6) is 0 Å². The van der Waals surface area contributed by atoms with Crippen molar-refractivity contribution in [1.82, 2.24) is 9.13 Å². The van der Waals surface area contributed by atoms with Crippen molar-refractivity contribution in [2.24, 2.45) is 0 Å². The van der Waals surface area contributed by atoms with Gasteiger partial charge < -0.3 is 13.6 Å². The fourth-order valence-electron chi connectivity index (χ4n) is 10.8. The molecular weight excluding hydrogens is 765 g/mol. The molecule has 0 N–H and O–H groups in total. The molecule has 63 heavy (non-hydrogen) atoms. The Morgan fingerprint density at radius 3 is 1.48 bits per heavy atom. The van der Waals surface area contributed by atoms with Gasteiger partial charge in [-0.25, -0.2) is 0 Å². The third-order valence-corrected chi connectivity index (χ3v) is 13.5. The number of benzene rings is 11. The lowest BCUT2D eigenvalue weighted by atomic mass is 9.88. The molecule has 0 aliphatic carbocycles. The van der Waals surface area contributed by atoms with E-state index in [1.165, 1.54) is 92.7 Å². The van der Waals surface area contributed by atoms with Crippen LogP contribution in [0, 0.1) is 0 Å². The predicted octanol–water partition coefficient (Wildman–Crippen LogP) is 16.6. The Morgan fingerprint density at radius 1 is 0.286 bits per heavy atom. The minimum absolute atomic E-state index is 0.902. The van der Waals surface area contributed by atoms with E-state index in [4.69, 9.17) is 4.42 Å². The molecule has 0 amide bonds. The molecular formula is C60H36N2O. The second-order valence-electron chi connectivity index (χ2n) is 16.8. The van der Waals surface area contributed by atoms with Gasteiger partial charge in [-0.3, -0.25) is 0 Å². The van der Waals surface area contributed by atoms with Crippen molar-refractivity contribution in [3.8, 4) is 33.6 Å². The summed E-state index contributed by atoms with van der Waals surface area (Å²) in [5, 5.41) is 14.6. The van der Waals surface area contributed by atoms with Gasteiger partial charge in [0, 0.05) is 54.3 Å². The minimum Gasteiger partial charge on any atom is -0.455 e. The van der Waals surface area contributed by atoms with Gasteiger partial charge in [0.2, 0.25) is 0 Å². The van der Waals surface area contributed by atoms with E-state index in [-0.39, 0.29) is 0 Å². The van der Waals surface area contributed by atoms with Crippen LogP contribution >= 0.6 is 0 Å². The van der Waals surface area contributed by atoms with E-state index in [2.05, 4.69) is 221 Å². The number of para-hydroxylation sites is 5. The van der Waals surface area contributed by atoms with Gasteiger partial charge >= 0.3 is 0 Å². The maximum Gasteiger partial charge on any atom is 0.143 e. The second-order valence-corrected chi connectivity index (χ2v) is 16.8. The molecule has 0 aliphatic heterocycles. The van der Waals surface area contributed by atoms with Crippen molar-refractivity contribution in [3.63, 3.8) is 0 Å². The van der Waals surface area contributed by atoms with Crippen molar-refractivity contribution in [2.75, 3.05) is 0 Å². The largest absolute Gasteiger partial charge is 0.455 e. The molecule has 14 aromatic rings. The highest BCUT2D eigenvalue weighted by Gasteiger charge is 2.22. The Labute approximate surface area is 361 Å². The summed E-state index contributed by atoms with van der Waals surface area (Å²) in [7, 11) is 0. The second kappa shape index (κ2) is 13.1. The Balaban J connectivity index is 1.04. The quantitative estimate of drug-likeness (QED) is 0.163. The highest BCUT2D eigenvalue weighted by atomic mass is 16.3. The zero-order valence-electron chi connectivity index (χ0n) is 34.1. The van der Waals surface area contributed by atoms with Gasteiger partial charge in [0.25, 0.3) is 0 Å². The van der Waals surface area contributed by atoms with Gasteiger partial charge in [-0.1, -0.05) is 158 Å². The van der Waals surface area contributed by atoms with Gasteiger partial charge in [0.05, 0.1) is 27.8 Å². The molecule has 0 radical (unpaired) electrons. The smallest absolute Gasteiger partial charge is 0.143 e. The topological polar surface area (TPSA) is 23.0 Å². The summed E-state index contributed by atoms with van der Waals surface area (Å²) in [6.07, 6.45) is 0. The molecule has 0 atom stereocenters. The number of fused-ring (bicyclic) bond motifs is 15. The summed E-state index contributed by atoms with van der Waals surface area (Å²) in [6.45, 7) is 0. The average molecular weight is 801 g/mol. The monoisotopic (exact) mass is 800 g/mol. The first-order chi connectivity index (χ1) is 31.3. The molecule has 3 heterocycles. The number of hydrogen-bond donors (Lipinski definition) is 0. The van der Waals surface area contributed by atoms with Crippen LogP contribution in [0.25, 0.3) is 131 Å². The first kappa shape index (κ1) is 34.3. The van der Waals surface area contributed by atoms with Crippen molar-refractivity contribution >= 4 is 97.9 Å². The first-order valence-corrected chi connectivity index (χ1v) is 21.7. The molecule has 3 aromatic heterocycles. The van der Waals surface area contributed by atoms with Gasteiger partial charge in [0.1, 0.15) is 11.2 Å². The summed E-state index contributed by atoms with van der Waals surface area (Å²) in [5.74, 6) is 0. The van der Waals surface area contributed by atoms with Crippen molar-refractivity contribution < 1.29 is 4.42 Å². The summed E-state index contributed by atoms with van der Waals surface area (Å²) >= 11 is 0. The Morgan fingerprint density at radius 2 is 0.778 bits per heavy atom. The van der Waals surface area contributed by atoms with Crippen LogP contribution in [0.2, 0.25) is 0 Å². The van der Waals surface area contributed by atoms with E-state index in [9.17, 15) is 0 Å². The van der Waals surface area contributed by atoms with E-state index in [0.29, 0.717) is 0 Å². The van der Waals surface area contributed by atoms with Gasteiger partial charge in [0.15, 0.2) is 0 Å². The summed E-state index contributed by atoms with van der Waals surface area (Å²) in [5.41, 5.74) is 13.5. The SMILES string of the molecule is c1ccc(-n2c3ccccc3c3cc(-c4ccc5c(c4)c4ccccc4n5-c4cccc5c6ccccc6c6cccc(-c7cccc8c7oc7ccccc78)c6c45)ccc32)cc1. The minimum atomic E-state index is 0.902. The molecule has 0 spiro atoms. The van der Waals surface area contributed by atoms with Gasteiger partial charge in [-0.15, -0.1) is 0 Å². The fourth-order valence-corrected chi connectivity index (χ4v) is 10.8. The van der Waals surface area contributed by atoms with Crippen LogP contribution in [0.3, 0.4) is 0 Å². The van der Waals surface area contributed by atoms with Crippen LogP contribution in [0.4, 0.5) is 0 Å². The molecule has 0 fully saturated rings. The molecule has 3 nitrogen and oxygen atoms in total. The van der Waals surface area contributed by atoms with E-state index < -0.39 is 0 Å². The Hall–Kier alpha value is -8.40. The average Bonchev–Trinajstić information content (AvgIpc) is 4.01. The van der Waals surface area contributed by atoms with Crippen molar-refractivity contribution in [2.45, 2.75) is 0 Å². The van der Waals surface area contributed by atoms with E-state index in [1.54, 1.807) is 0 Å². The van der Waals surface area contributed by atoms with Crippen LogP contribution in [0.1, 0.15) is 0 Å². The predicted molar refractivity (Wildman–Crippen MR) is 266 cm³/mol. The summed E-state index contributed by atoms with van der Waals surface area (Å²) < 4.78 is 11.6. The third-order valence-electron chi connectivity index (χ3n) is 13.5. The fraction of sp³-hybridized carbons (Fsp3) is 0. The first-order valence-electron chi connectivity index (χ1n) is 21.7. The normalized spacial score (nSPS) is 12.1. The molecule has 0 aliphatic rings. The number of furan rings is 1. The number of aromatic nitrogens is 2. The van der Waals surface area contributed by atoms with E-state index in [0.717, 1.165) is 38.8 Å². The van der Waals surface area contributed by atoms with Crippen molar-refractivity contribution in [1.29, 1.82) is 0 Å². The maximum atomic E-state index is 6.71. The Bertz CT molecular complexity index is 4200. The molecule has 0 saturated heterocycles. The molecule has 0 saturated carbocycles. The lowest BCUT2D eigenvalue weighted by molar-refractivity contribution is 0.670. The van der Waals surface area contributed by atoms with E-state index >= 15 is 0 Å². The van der Waals surface area contributed by atoms with Crippen LogP contribution in [-0.4, -0.2) is 9.13 Å². The molecule has 0 bridgehead atoms. The van der Waals surface area contributed by atoms with Crippen LogP contribution in [-0.2, 0) is 0 Å². The summed E-state index contributed by atoms with van der Waals surface area (Å²) in [4.78, 5) is 0. The van der Waals surface area contributed by atoms with Crippen LogP contribution in [0.15, 0.2) is 223 Å². The highest BCUT2D eigenvalue weighted by molar-refractivity contribution is 6.31. The molecule has 11 aromatic carbocycles. The summed E-state index contributed by atoms with van der Waals surface area (Å²) in [6, 6.07) is 79.8. The van der Waals surface area contributed by atoms with E-state index in [1.807, 2.05) is 6.07 Å². The number of hydrogen-bond acceptors (Lipinski definition) is 1. The molecule has 3 heteroatoms.